The second-order valence-corrected chi connectivity index (χ2v) is 5.40. The van der Waals surface area contributed by atoms with Gasteiger partial charge in [0.1, 0.15) is 11.5 Å². The lowest BCUT2D eigenvalue weighted by molar-refractivity contribution is 0.369. The van der Waals surface area contributed by atoms with Gasteiger partial charge in [-0.2, -0.15) is 4.99 Å². The highest BCUT2D eigenvalue weighted by Crippen LogP contribution is 2.33. The van der Waals surface area contributed by atoms with Gasteiger partial charge in [-0.05, 0) is 50.2 Å². The summed E-state index contributed by atoms with van der Waals surface area (Å²) < 4.78 is 22.9. The predicted octanol–water partition coefficient (Wildman–Crippen LogP) is 5.24. The lowest BCUT2D eigenvalue weighted by Crippen LogP contribution is -1.91. The van der Waals surface area contributed by atoms with Gasteiger partial charge in [-0.3, -0.25) is 0 Å². The lowest BCUT2D eigenvalue weighted by Gasteiger charge is -1.93. The second-order valence-electron chi connectivity index (χ2n) is 5.40. The van der Waals surface area contributed by atoms with Crippen LogP contribution >= 0.6 is 0 Å². The second kappa shape index (κ2) is 5.77. The maximum atomic E-state index is 5.79. The molecule has 4 aromatic rings. The maximum absolute atomic E-state index is 5.79. The average Bonchev–Trinajstić information content (AvgIpc) is 3.28. The predicted molar refractivity (Wildman–Crippen MR) is 87.5 cm³/mol. The fraction of sp³-hybridized carbons (Fsp3) is 0.105. The molecule has 3 heterocycles. The molecular weight excluding hydrogens is 306 g/mol. The lowest BCUT2D eigenvalue weighted by atomic mass is 10.2. The van der Waals surface area contributed by atoms with Crippen LogP contribution < -0.4 is 5.75 Å². The van der Waals surface area contributed by atoms with E-state index in [2.05, 4.69) is 4.99 Å². The van der Waals surface area contributed by atoms with Gasteiger partial charge in [0.15, 0.2) is 11.5 Å². The summed E-state index contributed by atoms with van der Waals surface area (Å²) in [5.74, 6) is 3.73. The molecule has 0 aliphatic carbocycles. The van der Waals surface area contributed by atoms with Crippen molar-refractivity contribution < 1.29 is 17.7 Å². The van der Waals surface area contributed by atoms with Crippen LogP contribution in [0.2, 0.25) is 0 Å². The van der Waals surface area contributed by atoms with E-state index >= 15 is 0 Å². The van der Waals surface area contributed by atoms with Crippen molar-refractivity contribution in [2.24, 2.45) is 4.99 Å². The molecule has 0 saturated heterocycles. The molecule has 0 radical (unpaired) electrons. The summed E-state index contributed by atoms with van der Waals surface area (Å²) >= 11 is 0. The van der Waals surface area contributed by atoms with Crippen LogP contribution in [-0.2, 0) is 0 Å². The molecule has 3 aromatic heterocycles. The highest BCUT2D eigenvalue weighted by Gasteiger charge is 2.21. The van der Waals surface area contributed by atoms with E-state index in [-0.39, 0.29) is 5.75 Å². The van der Waals surface area contributed by atoms with E-state index in [1.165, 1.54) is 0 Å². The molecule has 0 aliphatic rings. The van der Waals surface area contributed by atoms with Gasteiger partial charge in [0.25, 0.3) is 0 Å². The number of furan rings is 2. The molecule has 0 bridgehead atoms. The Bertz CT molecular complexity index is 970. The molecule has 0 aliphatic heterocycles. The van der Waals surface area contributed by atoms with E-state index in [1.54, 1.807) is 0 Å². The van der Waals surface area contributed by atoms with Gasteiger partial charge >= 0.3 is 5.75 Å². The topological polar surface area (TPSA) is 64.9 Å². The highest BCUT2D eigenvalue weighted by molar-refractivity contribution is 5.69. The summed E-state index contributed by atoms with van der Waals surface area (Å²) in [6, 6.07) is 16.8. The normalized spacial score (nSPS) is 10.9. The summed E-state index contributed by atoms with van der Waals surface area (Å²) in [5, 5.41) is 0. The molecule has 5 heteroatoms. The van der Waals surface area contributed by atoms with Gasteiger partial charge in [-0.15, -0.1) is 0 Å². The Morgan fingerprint density at radius 3 is 1.62 bits per heavy atom. The molecule has 1 aromatic carbocycles. The molecule has 0 saturated carbocycles. The highest BCUT2D eigenvalue weighted by atomic mass is 16.5. The van der Waals surface area contributed by atoms with Crippen molar-refractivity contribution in [1.82, 2.24) is 0 Å². The molecule has 5 nitrogen and oxygen atoms in total. The molecule has 0 spiro atoms. The quantitative estimate of drug-likeness (QED) is 0.517. The summed E-state index contributed by atoms with van der Waals surface area (Å²) in [4.78, 5) is 4.37. The van der Waals surface area contributed by atoms with Gasteiger partial charge in [0.05, 0.1) is 5.69 Å². The minimum atomic E-state index is 0.134. The van der Waals surface area contributed by atoms with E-state index in [4.69, 9.17) is 17.7 Å². The van der Waals surface area contributed by atoms with E-state index in [9.17, 15) is 0 Å². The zero-order valence-electron chi connectivity index (χ0n) is 13.3. The van der Waals surface area contributed by atoms with Gasteiger partial charge in [0.2, 0.25) is 11.5 Å². The summed E-state index contributed by atoms with van der Waals surface area (Å²) in [5.41, 5.74) is 0.736. The third kappa shape index (κ3) is 2.72. The number of para-hydroxylation sites is 1. The third-order valence-corrected chi connectivity index (χ3v) is 3.49. The molecule has 0 amide bonds. The van der Waals surface area contributed by atoms with Crippen molar-refractivity contribution in [1.29, 1.82) is 0 Å². The Labute approximate surface area is 137 Å². The molecular formula is C19H15NO4. The smallest absolute Gasteiger partial charge is 0.400 e. The number of benzene rings is 1. The van der Waals surface area contributed by atoms with Crippen molar-refractivity contribution in [3.63, 3.8) is 0 Å². The Morgan fingerprint density at radius 2 is 1.17 bits per heavy atom. The zero-order valence-corrected chi connectivity index (χ0v) is 13.3. The number of nitrogens with zero attached hydrogens (tertiary/aromatic N) is 1. The first-order chi connectivity index (χ1) is 11.7. The SMILES string of the molecule is Cc1ccc(-c2oc(=Nc3ccccc3)oc2-c2ccc(C)o2)o1. The molecule has 0 N–H and O–H groups in total. The Kier molecular flexibility index (Phi) is 3.46. The van der Waals surface area contributed by atoms with E-state index < -0.39 is 0 Å². The van der Waals surface area contributed by atoms with Crippen LogP contribution in [0.5, 0.6) is 0 Å². The van der Waals surface area contributed by atoms with Crippen LogP contribution in [0.3, 0.4) is 0 Å². The van der Waals surface area contributed by atoms with Crippen molar-refractivity contribution in [2.45, 2.75) is 13.8 Å². The summed E-state index contributed by atoms with van der Waals surface area (Å²) in [6.07, 6.45) is 0. The number of aryl methyl sites for hydroxylation is 2. The van der Waals surface area contributed by atoms with Crippen LogP contribution in [0.15, 0.2) is 77.3 Å². The van der Waals surface area contributed by atoms with Gasteiger partial charge in [-0.25, -0.2) is 0 Å². The van der Waals surface area contributed by atoms with Crippen LogP contribution in [0.4, 0.5) is 5.69 Å². The molecule has 120 valence electrons. The van der Waals surface area contributed by atoms with Crippen LogP contribution in [-0.4, -0.2) is 0 Å². The molecule has 24 heavy (non-hydrogen) atoms. The minimum absolute atomic E-state index is 0.134. The van der Waals surface area contributed by atoms with E-state index in [0.717, 1.165) is 17.2 Å². The summed E-state index contributed by atoms with van der Waals surface area (Å²) in [7, 11) is 0. The number of rotatable bonds is 3. The van der Waals surface area contributed by atoms with Crippen molar-refractivity contribution in [3.05, 3.63) is 71.9 Å². The largest absolute Gasteiger partial charge is 0.458 e. The maximum Gasteiger partial charge on any atom is 0.400 e. The number of hydrogen-bond acceptors (Lipinski definition) is 5. The third-order valence-electron chi connectivity index (χ3n) is 3.49. The molecule has 0 fully saturated rings. The van der Waals surface area contributed by atoms with E-state index in [0.29, 0.717) is 23.0 Å². The van der Waals surface area contributed by atoms with Crippen molar-refractivity contribution in [3.8, 4) is 23.0 Å². The van der Waals surface area contributed by atoms with Gasteiger partial charge < -0.3 is 17.7 Å². The monoisotopic (exact) mass is 321 g/mol. The fourth-order valence-corrected chi connectivity index (χ4v) is 2.38. The average molecular weight is 321 g/mol. The van der Waals surface area contributed by atoms with Gasteiger partial charge in [-0.1, -0.05) is 18.2 Å². The van der Waals surface area contributed by atoms with Crippen LogP contribution in [0.1, 0.15) is 11.5 Å². The minimum Gasteiger partial charge on any atom is -0.458 e. The van der Waals surface area contributed by atoms with Crippen LogP contribution in [0.25, 0.3) is 23.0 Å². The van der Waals surface area contributed by atoms with E-state index in [1.807, 2.05) is 68.4 Å². The Hall–Kier alpha value is -3.21. The van der Waals surface area contributed by atoms with Crippen molar-refractivity contribution >= 4 is 5.69 Å². The summed E-state index contributed by atoms with van der Waals surface area (Å²) in [6.45, 7) is 3.74. The zero-order chi connectivity index (χ0) is 16.5. The number of hydrogen-bond donors (Lipinski definition) is 0. The first kappa shape index (κ1) is 14.4. The first-order valence-electron chi connectivity index (χ1n) is 7.56. The van der Waals surface area contributed by atoms with Gasteiger partial charge in [0, 0.05) is 0 Å². The van der Waals surface area contributed by atoms with Crippen molar-refractivity contribution in [2.75, 3.05) is 0 Å². The molecule has 0 atom stereocenters. The Morgan fingerprint density at radius 1 is 0.625 bits per heavy atom. The fourth-order valence-electron chi connectivity index (χ4n) is 2.38. The molecule has 4 rings (SSSR count). The first-order valence-corrected chi connectivity index (χ1v) is 7.56. The Balaban J connectivity index is 1.89. The molecule has 0 unspecified atom stereocenters. The standard InChI is InChI=1S/C19H15NO4/c1-12-8-10-15(21-12)17-18(16-11-9-13(2)22-16)24-19(23-17)20-14-6-4-3-5-7-14/h3-11H,1-2H3. The van der Waals surface area contributed by atoms with Crippen LogP contribution in [0, 0.1) is 13.8 Å².